The maximum absolute atomic E-state index is 14.6. The Balaban J connectivity index is 1.62. The van der Waals surface area contributed by atoms with Gasteiger partial charge >= 0.3 is 6.03 Å². The highest BCUT2D eigenvalue weighted by atomic mass is 19.1. The lowest BCUT2D eigenvalue weighted by atomic mass is 10.1. The molecule has 2 amide bonds. The van der Waals surface area contributed by atoms with E-state index in [1.54, 1.807) is 29.2 Å². The summed E-state index contributed by atoms with van der Waals surface area (Å²) < 4.78 is 14.6. The molecule has 0 bridgehead atoms. The molecule has 2 aromatic carbocycles. The molecule has 1 fully saturated rings. The summed E-state index contributed by atoms with van der Waals surface area (Å²) in [6.07, 6.45) is 0. The standard InChI is InChI=1S/C18H20FN3O3/c19-17-13(10-20-9-12-4-5-15(23)8-16(12)24)2-1-3-14(17)11-22-7-6-21-18(22)25/h1-5,8,20,23-24H,6-7,9-11H2,(H,21,25). The second-order valence-electron chi connectivity index (χ2n) is 5.96. The number of benzene rings is 2. The number of hydrogen-bond acceptors (Lipinski definition) is 4. The molecule has 0 aliphatic carbocycles. The van der Waals surface area contributed by atoms with Crippen molar-refractivity contribution >= 4 is 6.03 Å². The van der Waals surface area contributed by atoms with Crippen LogP contribution in [0.15, 0.2) is 36.4 Å². The average molecular weight is 345 g/mol. The van der Waals surface area contributed by atoms with Gasteiger partial charge in [-0.15, -0.1) is 0 Å². The zero-order valence-electron chi connectivity index (χ0n) is 13.6. The number of hydrogen-bond donors (Lipinski definition) is 4. The van der Waals surface area contributed by atoms with Gasteiger partial charge in [-0.1, -0.05) is 24.3 Å². The molecule has 0 spiro atoms. The number of halogens is 1. The Hall–Kier alpha value is -2.80. The lowest BCUT2D eigenvalue weighted by Crippen LogP contribution is -2.28. The van der Waals surface area contributed by atoms with E-state index in [1.165, 1.54) is 12.1 Å². The molecule has 132 valence electrons. The van der Waals surface area contributed by atoms with Crippen LogP contribution in [0.1, 0.15) is 16.7 Å². The van der Waals surface area contributed by atoms with Crippen molar-refractivity contribution in [3.8, 4) is 11.5 Å². The average Bonchev–Trinajstić information content (AvgIpc) is 2.98. The van der Waals surface area contributed by atoms with E-state index in [0.717, 1.165) is 0 Å². The van der Waals surface area contributed by atoms with Gasteiger partial charge in [0, 0.05) is 48.9 Å². The van der Waals surface area contributed by atoms with Gasteiger partial charge < -0.3 is 25.7 Å². The fraction of sp³-hybridized carbons (Fsp3) is 0.278. The molecular formula is C18H20FN3O3. The maximum Gasteiger partial charge on any atom is 0.317 e. The first kappa shape index (κ1) is 17.0. The summed E-state index contributed by atoms with van der Waals surface area (Å²) in [4.78, 5) is 13.2. The van der Waals surface area contributed by atoms with Crippen LogP contribution in [0.25, 0.3) is 0 Å². The van der Waals surface area contributed by atoms with E-state index >= 15 is 0 Å². The second-order valence-corrected chi connectivity index (χ2v) is 5.96. The van der Waals surface area contributed by atoms with Gasteiger partial charge in [0.05, 0.1) is 6.54 Å². The molecule has 7 heteroatoms. The Kier molecular flexibility index (Phi) is 5.04. The van der Waals surface area contributed by atoms with Gasteiger partial charge in [-0.3, -0.25) is 0 Å². The van der Waals surface area contributed by atoms with Gasteiger partial charge in [-0.25, -0.2) is 9.18 Å². The number of urea groups is 1. The van der Waals surface area contributed by atoms with Gasteiger partial charge in [0.15, 0.2) is 0 Å². The van der Waals surface area contributed by atoms with Crippen LogP contribution in [0, 0.1) is 5.82 Å². The second kappa shape index (κ2) is 7.40. The molecule has 0 saturated carbocycles. The molecular weight excluding hydrogens is 325 g/mol. The molecule has 1 heterocycles. The molecule has 2 aromatic rings. The number of nitrogens with zero attached hydrogens (tertiary/aromatic N) is 1. The summed E-state index contributed by atoms with van der Waals surface area (Å²) in [7, 11) is 0. The quantitative estimate of drug-likeness (QED) is 0.646. The number of carbonyl (C=O) groups excluding carboxylic acids is 1. The van der Waals surface area contributed by atoms with Crippen molar-refractivity contribution in [3.05, 3.63) is 58.9 Å². The van der Waals surface area contributed by atoms with Crippen molar-refractivity contribution in [2.75, 3.05) is 13.1 Å². The first-order valence-corrected chi connectivity index (χ1v) is 8.05. The summed E-state index contributed by atoms with van der Waals surface area (Å²) in [6.45, 7) is 2.01. The van der Waals surface area contributed by atoms with E-state index in [2.05, 4.69) is 10.6 Å². The molecule has 1 saturated heterocycles. The fourth-order valence-electron chi connectivity index (χ4n) is 2.79. The number of phenols is 2. The van der Waals surface area contributed by atoms with E-state index in [-0.39, 0.29) is 36.4 Å². The van der Waals surface area contributed by atoms with Crippen LogP contribution in [0.3, 0.4) is 0 Å². The summed E-state index contributed by atoms with van der Waals surface area (Å²) in [5, 5.41) is 24.8. The lowest BCUT2D eigenvalue weighted by molar-refractivity contribution is 0.215. The molecule has 0 atom stereocenters. The van der Waals surface area contributed by atoms with Crippen LogP contribution in [0.5, 0.6) is 11.5 Å². The molecule has 6 nitrogen and oxygen atoms in total. The maximum atomic E-state index is 14.6. The molecule has 1 aliphatic rings. The molecule has 0 unspecified atom stereocenters. The van der Waals surface area contributed by atoms with Gasteiger partial charge in [-0.05, 0) is 6.07 Å². The van der Waals surface area contributed by atoms with Gasteiger partial charge in [-0.2, -0.15) is 0 Å². The largest absolute Gasteiger partial charge is 0.508 e. The third kappa shape index (κ3) is 4.00. The number of carbonyl (C=O) groups is 1. The molecule has 1 aliphatic heterocycles. The number of nitrogens with one attached hydrogen (secondary N) is 2. The highest BCUT2D eigenvalue weighted by Crippen LogP contribution is 2.22. The first-order valence-electron chi connectivity index (χ1n) is 8.05. The molecule has 4 N–H and O–H groups in total. The SMILES string of the molecule is O=C1NCCN1Cc1cccc(CNCc2ccc(O)cc2O)c1F. The van der Waals surface area contributed by atoms with E-state index in [1.807, 2.05) is 0 Å². The Morgan fingerprint density at radius 1 is 1.12 bits per heavy atom. The Labute approximate surface area is 144 Å². The first-order chi connectivity index (χ1) is 12.0. The summed E-state index contributed by atoms with van der Waals surface area (Å²) in [5.41, 5.74) is 1.59. The summed E-state index contributed by atoms with van der Waals surface area (Å²) in [6, 6.07) is 9.31. The van der Waals surface area contributed by atoms with E-state index < -0.39 is 0 Å². The van der Waals surface area contributed by atoms with Crippen LogP contribution in [-0.2, 0) is 19.6 Å². The van der Waals surface area contributed by atoms with E-state index in [9.17, 15) is 19.4 Å². The number of amides is 2. The minimum Gasteiger partial charge on any atom is -0.508 e. The van der Waals surface area contributed by atoms with Crippen molar-refractivity contribution in [1.82, 2.24) is 15.5 Å². The summed E-state index contributed by atoms with van der Waals surface area (Å²) >= 11 is 0. The van der Waals surface area contributed by atoms with E-state index in [4.69, 9.17) is 0 Å². The fourth-order valence-corrected chi connectivity index (χ4v) is 2.79. The highest BCUT2D eigenvalue weighted by Gasteiger charge is 2.21. The molecule has 3 rings (SSSR count). The van der Waals surface area contributed by atoms with Crippen molar-refractivity contribution in [2.45, 2.75) is 19.6 Å². The third-order valence-electron chi connectivity index (χ3n) is 4.16. The van der Waals surface area contributed by atoms with Crippen LogP contribution >= 0.6 is 0 Å². The molecule has 0 aromatic heterocycles. The number of rotatable bonds is 6. The number of aromatic hydroxyl groups is 2. The van der Waals surface area contributed by atoms with Gasteiger partial charge in [0.25, 0.3) is 0 Å². The van der Waals surface area contributed by atoms with Crippen molar-refractivity contribution in [1.29, 1.82) is 0 Å². The normalized spacial score (nSPS) is 14.0. The van der Waals surface area contributed by atoms with Crippen LogP contribution in [-0.4, -0.2) is 34.2 Å². The van der Waals surface area contributed by atoms with Gasteiger partial charge in [0.1, 0.15) is 17.3 Å². The summed E-state index contributed by atoms with van der Waals surface area (Å²) in [5.74, 6) is -0.350. The van der Waals surface area contributed by atoms with Crippen molar-refractivity contribution in [3.63, 3.8) is 0 Å². The van der Waals surface area contributed by atoms with E-state index in [0.29, 0.717) is 36.3 Å². The Bertz CT molecular complexity index is 782. The number of phenolic OH excluding ortho intramolecular Hbond substituents is 2. The van der Waals surface area contributed by atoms with Crippen molar-refractivity contribution < 1.29 is 19.4 Å². The zero-order valence-corrected chi connectivity index (χ0v) is 13.6. The Morgan fingerprint density at radius 2 is 1.88 bits per heavy atom. The smallest absolute Gasteiger partial charge is 0.317 e. The molecule has 25 heavy (non-hydrogen) atoms. The van der Waals surface area contributed by atoms with Crippen LogP contribution in [0.4, 0.5) is 9.18 Å². The van der Waals surface area contributed by atoms with Crippen LogP contribution < -0.4 is 10.6 Å². The minimum atomic E-state index is -0.329. The Morgan fingerprint density at radius 3 is 2.60 bits per heavy atom. The highest BCUT2D eigenvalue weighted by molar-refractivity contribution is 5.76. The lowest BCUT2D eigenvalue weighted by Gasteiger charge is -2.16. The molecule has 0 radical (unpaired) electrons. The zero-order chi connectivity index (χ0) is 17.8. The predicted molar refractivity (Wildman–Crippen MR) is 90.5 cm³/mol. The van der Waals surface area contributed by atoms with Crippen LogP contribution in [0.2, 0.25) is 0 Å². The van der Waals surface area contributed by atoms with Gasteiger partial charge in [0.2, 0.25) is 0 Å². The minimum absolute atomic E-state index is 0.00838. The third-order valence-corrected chi connectivity index (χ3v) is 4.16. The topological polar surface area (TPSA) is 84.8 Å². The monoisotopic (exact) mass is 345 g/mol. The predicted octanol–water partition coefficient (Wildman–Crippen LogP) is 2.05. The van der Waals surface area contributed by atoms with Crippen molar-refractivity contribution in [2.24, 2.45) is 0 Å².